The van der Waals surface area contributed by atoms with Gasteiger partial charge in [0.05, 0.1) is 0 Å². The van der Waals surface area contributed by atoms with E-state index in [4.69, 9.17) is 0 Å². The van der Waals surface area contributed by atoms with Gasteiger partial charge in [0, 0.05) is 56.1 Å². The summed E-state index contributed by atoms with van der Waals surface area (Å²) in [6, 6.07) is 6.58. The Morgan fingerprint density at radius 2 is 2.15 bits per heavy atom. The molecule has 1 unspecified atom stereocenters. The van der Waals surface area contributed by atoms with Crippen molar-refractivity contribution >= 4 is 24.0 Å². The third-order valence-electron chi connectivity index (χ3n) is 5.05. The zero-order chi connectivity index (χ0) is 17.2. The van der Waals surface area contributed by atoms with Gasteiger partial charge in [-0.1, -0.05) is 0 Å². The van der Waals surface area contributed by atoms with Crippen molar-refractivity contribution in [2.75, 3.05) is 31.1 Å². The number of hydrogen-bond donors (Lipinski definition) is 3. The van der Waals surface area contributed by atoms with E-state index in [0.29, 0.717) is 24.7 Å². The first-order chi connectivity index (χ1) is 12.2. The summed E-state index contributed by atoms with van der Waals surface area (Å²) in [4.78, 5) is 14.7. The molecule has 0 spiro atoms. The molecule has 0 saturated carbocycles. The van der Waals surface area contributed by atoms with Crippen LogP contribution in [-0.4, -0.2) is 42.3 Å². The monoisotopic (exact) mass is 379 g/mol. The summed E-state index contributed by atoms with van der Waals surface area (Å²) >= 11 is 0. The standard InChI is InChI=1S/C18H22FN5O.ClH/c19-13-1-3-14(4-2-13)24-8-6-12(11-24)9-21-18(25)17-15-10-20-7-5-16(15)22-23-17;/h1-4,12,20H,5-11H2,(H,21,25)(H,22,23);1H. The number of halogens is 2. The lowest BCUT2D eigenvalue weighted by Crippen LogP contribution is -2.32. The number of nitrogens with one attached hydrogen (secondary N) is 3. The van der Waals surface area contributed by atoms with Gasteiger partial charge in [-0.05, 0) is 36.6 Å². The highest BCUT2D eigenvalue weighted by Crippen LogP contribution is 2.24. The summed E-state index contributed by atoms with van der Waals surface area (Å²) in [6.45, 7) is 4.03. The van der Waals surface area contributed by atoms with Gasteiger partial charge in [0.1, 0.15) is 5.82 Å². The molecule has 3 N–H and O–H groups in total. The molecule has 0 radical (unpaired) electrons. The number of rotatable bonds is 4. The Morgan fingerprint density at radius 1 is 1.35 bits per heavy atom. The molecular weight excluding hydrogens is 357 g/mol. The lowest BCUT2D eigenvalue weighted by atomic mass is 10.1. The van der Waals surface area contributed by atoms with E-state index < -0.39 is 0 Å². The van der Waals surface area contributed by atoms with Crippen LogP contribution in [0.5, 0.6) is 0 Å². The van der Waals surface area contributed by atoms with Crippen molar-refractivity contribution in [3.8, 4) is 0 Å². The third kappa shape index (κ3) is 3.83. The predicted molar refractivity (Wildman–Crippen MR) is 100 cm³/mol. The second kappa shape index (κ2) is 8.05. The number of amides is 1. The number of aromatic nitrogens is 2. The van der Waals surface area contributed by atoms with Gasteiger partial charge in [0.15, 0.2) is 5.69 Å². The van der Waals surface area contributed by atoms with E-state index in [0.717, 1.165) is 49.4 Å². The van der Waals surface area contributed by atoms with Crippen molar-refractivity contribution in [3.05, 3.63) is 47.0 Å². The highest BCUT2D eigenvalue weighted by atomic mass is 35.5. The van der Waals surface area contributed by atoms with Crippen LogP contribution in [0.4, 0.5) is 10.1 Å². The van der Waals surface area contributed by atoms with E-state index in [2.05, 4.69) is 25.7 Å². The summed E-state index contributed by atoms with van der Waals surface area (Å²) < 4.78 is 13.0. The molecule has 6 nitrogen and oxygen atoms in total. The van der Waals surface area contributed by atoms with Crippen molar-refractivity contribution in [2.45, 2.75) is 19.4 Å². The molecule has 1 atom stereocenters. The number of H-pyrrole nitrogens is 1. The Morgan fingerprint density at radius 3 is 2.96 bits per heavy atom. The molecule has 2 aromatic rings. The fourth-order valence-electron chi connectivity index (χ4n) is 3.62. The Kier molecular flexibility index (Phi) is 5.78. The van der Waals surface area contributed by atoms with Gasteiger partial charge in [-0.3, -0.25) is 9.89 Å². The molecule has 1 aromatic heterocycles. The van der Waals surface area contributed by atoms with Crippen LogP contribution in [0.25, 0.3) is 0 Å². The second-order valence-corrected chi connectivity index (χ2v) is 6.74. The normalized spacial score (nSPS) is 19.0. The molecule has 1 fully saturated rings. The third-order valence-corrected chi connectivity index (χ3v) is 5.05. The van der Waals surface area contributed by atoms with Crippen molar-refractivity contribution < 1.29 is 9.18 Å². The maximum atomic E-state index is 13.0. The summed E-state index contributed by atoms with van der Waals surface area (Å²) in [5.74, 6) is 0.0620. The Balaban J connectivity index is 0.00000196. The van der Waals surface area contributed by atoms with Gasteiger partial charge in [0.2, 0.25) is 0 Å². The Labute approximate surface area is 157 Å². The van der Waals surface area contributed by atoms with Crippen molar-refractivity contribution in [1.29, 1.82) is 0 Å². The number of fused-ring (bicyclic) bond motifs is 1. The van der Waals surface area contributed by atoms with Crippen LogP contribution in [0, 0.1) is 11.7 Å². The first kappa shape index (κ1) is 18.7. The molecule has 140 valence electrons. The fourth-order valence-corrected chi connectivity index (χ4v) is 3.62. The average Bonchev–Trinajstić information content (AvgIpc) is 3.27. The highest BCUT2D eigenvalue weighted by molar-refractivity contribution is 5.94. The van der Waals surface area contributed by atoms with E-state index in [1.54, 1.807) is 12.1 Å². The van der Waals surface area contributed by atoms with E-state index in [1.165, 1.54) is 12.1 Å². The number of anilines is 1. The van der Waals surface area contributed by atoms with Gasteiger partial charge < -0.3 is 15.5 Å². The molecular formula is C18H23ClFN5O. The topological polar surface area (TPSA) is 73.0 Å². The highest BCUT2D eigenvalue weighted by Gasteiger charge is 2.25. The molecule has 8 heteroatoms. The summed E-state index contributed by atoms with van der Waals surface area (Å²) in [5, 5.41) is 13.5. The molecule has 2 aliphatic heterocycles. The van der Waals surface area contributed by atoms with Crippen LogP contribution < -0.4 is 15.5 Å². The number of carbonyl (C=O) groups excluding carboxylic acids is 1. The summed E-state index contributed by atoms with van der Waals surface area (Å²) in [5.41, 5.74) is 3.59. The molecule has 1 saturated heterocycles. The van der Waals surface area contributed by atoms with Crippen molar-refractivity contribution in [3.63, 3.8) is 0 Å². The fraction of sp³-hybridized carbons (Fsp3) is 0.444. The molecule has 4 rings (SSSR count). The van der Waals surface area contributed by atoms with E-state index in [-0.39, 0.29) is 24.1 Å². The molecule has 0 bridgehead atoms. The van der Waals surface area contributed by atoms with E-state index in [9.17, 15) is 9.18 Å². The lowest BCUT2D eigenvalue weighted by Gasteiger charge is -2.19. The van der Waals surface area contributed by atoms with E-state index in [1.807, 2.05) is 0 Å². The molecule has 26 heavy (non-hydrogen) atoms. The van der Waals surface area contributed by atoms with Crippen LogP contribution in [0.1, 0.15) is 28.2 Å². The van der Waals surface area contributed by atoms with Gasteiger partial charge >= 0.3 is 0 Å². The quantitative estimate of drug-likeness (QED) is 0.758. The summed E-state index contributed by atoms with van der Waals surface area (Å²) in [6.07, 6.45) is 1.89. The van der Waals surface area contributed by atoms with Crippen LogP contribution in [-0.2, 0) is 13.0 Å². The van der Waals surface area contributed by atoms with E-state index >= 15 is 0 Å². The predicted octanol–water partition coefficient (Wildman–Crippen LogP) is 1.87. The molecule has 1 aromatic carbocycles. The number of benzene rings is 1. The maximum absolute atomic E-state index is 13.0. The SMILES string of the molecule is Cl.O=C(NCC1CCN(c2ccc(F)cc2)C1)c1n[nH]c2c1CNCC2. The second-order valence-electron chi connectivity index (χ2n) is 6.74. The zero-order valence-electron chi connectivity index (χ0n) is 14.4. The minimum absolute atomic E-state index is 0. The van der Waals surface area contributed by atoms with Gasteiger partial charge in [-0.15, -0.1) is 12.4 Å². The number of nitrogens with zero attached hydrogens (tertiary/aromatic N) is 2. The number of carbonyl (C=O) groups is 1. The summed E-state index contributed by atoms with van der Waals surface area (Å²) in [7, 11) is 0. The van der Waals surface area contributed by atoms with Gasteiger partial charge in [0.25, 0.3) is 5.91 Å². The number of aromatic amines is 1. The lowest BCUT2D eigenvalue weighted by molar-refractivity contribution is 0.0942. The molecule has 2 aliphatic rings. The Bertz CT molecular complexity index is 763. The minimum Gasteiger partial charge on any atom is -0.371 e. The first-order valence-electron chi connectivity index (χ1n) is 8.76. The van der Waals surface area contributed by atoms with Crippen LogP contribution >= 0.6 is 12.4 Å². The van der Waals surface area contributed by atoms with Gasteiger partial charge in [-0.25, -0.2) is 4.39 Å². The van der Waals surface area contributed by atoms with Crippen LogP contribution in [0.2, 0.25) is 0 Å². The van der Waals surface area contributed by atoms with Crippen LogP contribution in [0.15, 0.2) is 24.3 Å². The molecule has 0 aliphatic carbocycles. The average molecular weight is 380 g/mol. The molecule has 3 heterocycles. The van der Waals surface area contributed by atoms with Gasteiger partial charge in [-0.2, -0.15) is 5.10 Å². The van der Waals surface area contributed by atoms with Crippen molar-refractivity contribution in [2.24, 2.45) is 5.92 Å². The first-order valence-corrected chi connectivity index (χ1v) is 8.76. The minimum atomic E-state index is -0.219. The molecule has 1 amide bonds. The maximum Gasteiger partial charge on any atom is 0.272 e. The van der Waals surface area contributed by atoms with Crippen LogP contribution in [0.3, 0.4) is 0 Å². The van der Waals surface area contributed by atoms with Crippen molar-refractivity contribution in [1.82, 2.24) is 20.8 Å². The smallest absolute Gasteiger partial charge is 0.272 e. The number of hydrogen-bond acceptors (Lipinski definition) is 4. The Hall–Kier alpha value is -2.12. The largest absolute Gasteiger partial charge is 0.371 e. The zero-order valence-corrected chi connectivity index (χ0v) is 15.2.